The van der Waals surface area contributed by atoms with Crippen LogP contribution in [-0.4, -0.2) is 21.1 Å². The van der Waals surface area contributed by atoms with Gasteiger partial charge in [0.25, 0.3) is 5.82 Å². The minimum absolute atomic E-state index is 0.0336. The summed E-state index contributed by atoms with van der Waals surface area (Å²) < 4.78 is 38.0. The molecule has 0 radical (unpaired) electrons. The smallest absolute Gasteiger partial charge is 0.335 e. The first kappa shape index (κ1) is 15.0. The molecule has 1 heterocycles. The Morgan fingerprint density at radius 2 is 1.85 bits per heavy atom. The fourth-order valence-corrected chi connectivity index (χ4v) is 2.66. The van der Waals surface area contributed by atoms with E-state index in [0.29, 0.717) is 10.4 Å². The summed E-state index contributed by atoms with van der Waals surface area (Å²) >= 11 is 2.73. The van der Waals surface area contributed by atoms with Crippen LogP contribution in [0, 0.1) is 0 Å². The SMILES string of the molecule is CSc1ccc(CSc2nnc(C(F)(F)F)n2N)cc1. The molecule has 20 heavy (non-hydrogen) atoms. The summed E-state index contributed by atoms with van der Waals surface area (Å²) in [6, 6.07) is 7.74. The Morgan fingerprint density at radius 1 is 1.20 bits per heavy atom. The zero-order chi connectivity index (χ0) is 14.8. The van der Waals surface area contributed by atoms with E-state index in [0.717, 1.165) is 22.2 Å². The van der Waals surface area contributed by atoms with E-state index in [1.54, 1.807) is 11.8 Å². The summed E-state index contributed by atoms with van der Waals surface area (Å²) in [6.07, 6.45) is -2.63. The molecule has 0 saturated carbocycles. The molecule has 0 aliphatic rings. The van der Waals surface area contributed by atoms with E-state index < -0.39 is 12.0 Å². The maximum absolute atomic E-state index is 12.5. The minimum Gasteiger partial charge on any atom is -0.335 e. The molecule has 108 valence electrons. The molecular weight excluding hydrogens is 309 g/mol. The van der Waals surface area contributed by atoms with Gasteiger partial charge in [-0.05, 0) is 24.0 Å². The maximum Gasteiger partial charge on any atom is 0.453 e. The molecule has 1 aromatic heterocycles. The van der Waals surface area contributed by atoms with E-state index in [1.165, 1.54) is 0 Å². The third kappa shape index (κ3) is 3.40. The number of nitrogen functional groups attached to an aromatic ring is 1. The monoisotopic (exact) mass is 320 g/mol. The Bertz CT molecular complexity index is 580. The van der Waals surface area contributed by atoms with Gasteiger partial charge in [-0.25, -0.2) is 4.68 Å². The lowest BCUT2D eigenvalue weighted by Crippen LogP contribution is -2.21. The molecule has 0 aliphatic heterocycles. The number of alkyl halides is 3. The molecule has 0 fully saturated rings. The van der Waals surface area contributed by atoms with Gasteiger partial charge < -0.3 is 5.84 Å². The summed E-state index contributed by atoms with van der Waals surface area (Å²) in [5, 5.41) is 6.56. The molecule has 0 bridgehead atoms. The van der Waals surface area contributed by atoms with Crippen LogP contribution >= 0.6 is 23.5 Å². The topological polar surface area (TPSA) is 56.7 Å². The van der Waals surface area contributed by atoms with Crippen molar-refractivity contribution >= 4 is 23.5 Å². The Kier molecular flexibility index (Phi) is 4.48. The van der Waals surface area contributed by atoms with Gasteiger partial charge >= 0.3 is 6.18 Å². The van der Waals surface area contributed by atoms with Crippen LogP contribution in [-0.2, 0) is 11.9 Å². The number of rotatable bonds is 4. The van der Waals surface area contributed by atoms with E-state index in [4.69, 9.17) is 5.84 Å². The van der Waals surface area contributed by atoms with Crippen molar-refractivity contribution in [2.45, 2.75) is 22.0 Å². The van der Waals surface area contributed by atoms with Crippen molar-refractivity contribution in [3.63, 3.8) is 0 Å². The van der Waals surface area contributed by atoms with Crippen LogP contribution in [0.2, 0.25) is 0 Å². The molecule has 2 aromatic rings. The van der Waals surface area contributed by atoms with E-state index >= 15 is 0 Å². The van der Waals surface area contributed by atoms with Gasteiger partial charge in [-0.1, -0.05) is 23.9 Å². The standard InChI is InChI=1S/C11H11F3N4S2/c1-19-8-4-2-7(3-5-8)6-20-10-17-16-9(18(10)15)11(12,13)14/h2-5H,6,15H2,1H3. The molecule has 9 heteroatoms. The van der Waals surface area contributed by atoms with Crippen LogP contribution in [0.4, 0.5) is 13.2 Å². The average molecular weight is 320 g/mol. The predicted octanol–water partition coefficient (Wildman–Crippen LogP) is 3.02. The zero-order valence-electron chi connectivity index (χ0n) is 10.4. The lowest BCUT2D eigenvalue weighted by molar-refractivity contribution is -0.146. The average Bonchev–Trinajstić information content (AvgIpc) is 2.78. The highest BCUT2D eigenvalue weighted by Crippen LogP contribution is 2.29. The van der Waals surface area contributed by atoms with Gasteiger partial charge in [-0.3, -0.25) is 0 Å². The molecule has 4 nitrogen and oxygen atoms in total. The van der Waals surface area contributed by atoms with Crippen molar-refractivity contribution in [3.05, 3.63) is 35.7 Å². The highest BCUT2D eigenvalue weighted by molar-refractivity contribution is 7.98. The second kappa shape index (κ2) is 5.96. The van der Waals surface area contributed by atoms with Crippen LogP contribution in [0.15, 0.2) is 34.3 Å². The van der Waals surface area contributed by atoms with Gasteiger partial charge in [-0.2, -0.15) is 13.2 Å². The molecule has 0 spiro atoms. The maximum atomic E-state index is 12.5. The Labute approximate surface area is 121 Å². The Hall–Kier alpha value is -1.35. The third-order valence-corrected chi connectivity index (χ3v) is 4.20. The zero-order valence-corrected chi connectivity index (χ0v) is 12.0. The fraction of sp³-hybridized carbons (Fsp3) is 0.273. The first-order valence-corrected chi connectivity index (χ1v) is 7.66. The van der Waals surface area contributed by atoms with Crippen molar-refractivity contribution in [3.8, 4) is 0 Å². The summed E-state index contributed by atoms with van der Waals surface area (Å²) in [5.74, 6) is 4.62. The molecule has 2 rings (SSSR count). The molecule has 0 amide bonds. The normalized spacial score (nSPS) is 11.8. The van der Waals surface area contributed by atoms with Gasteiger partial charge in [0.2, 0.25) is 5.16 Å². The number of hydrogen-bond donors (Lipinski definition) is 1. The second-order valence-corrected chi connectivity index (χ2v) is 5.63. The quantitative estimate of drug-likeness (QED) is 0.693. The van der Waals surface area contributed by atoms with Crippen LogP contribution in [0.3, 0.4) is 0 Å². The molecule has 0 atom stereocenters. The van der Waals surface area contributed by atoms with Crippen molar-refractivity contribution in [1.82, 2.24) is 14.9 Å². The highest BCUT2D eigenvalue weighted by atomic mass is 32.2. The number of hydrogen-bond acceptors (Lipinski definition) is 5. The van der Waals surface area contributed by atoms with Gasteiger partial charge in [0.05, 0.1) is 0 Å². The second-order valence-electron chi connectivity index (χ2n) is 3.81. The lowest BCUT2D eigenvalue weighted by atomic mass is 10.2. The number of aromatic nitrogens is 3. The van der Waals surface area contributed by atoms with Crippen molar-refractivity contribution in [2.24, 2.45) is 0 Å². The molecular formula is C11H11F3N4S2. The third-order valence-electron chi connectivity index (χ3n) is 2.45. The molecule has 1 aromatic carbocycles. The van der Waals surface area contributed by atoms with Crippen LogP contribution in [0.5, 0.6) is 0 Å². The Balaban J connectivity index is 2.05. The van der Waals surface area contributed by atoms with Crippen molar-refractivity contribution < 1.29 is 13.2 Å². The number of nitrogens with zero attached hydrogens (tertiary/aromatic N) is 3. The molecule has 0 unspecified atom stereocenters. The Morgan fingerprint density at radius 3 is 2.35 bits per heavy atom. The minimum atomic E-state index is -4.60. The van der Waals surface area contributed by atoms with E-state index in [9.17, 15) is 13.2 Å². The number of nitrogens with two attached hydrogens (primary N) is 1. The van der Waals surface area contributed by atoms with E-state index in [2.05, 4.69) is 10.2 Å². The van der Waals surface area contributed by atoms with Crippen molar-refractivity contribution in [2.75, 3.05) is 12.1 Å². The van der Waals surface area contributed by atoms with Gasteiger partial charge in [-0.15, -0.1) is 22.0 Å². The summed E-state index contributed by atoms with van der Waals surface area (Å²) in [6.45, 7) is 0. The number of halogens is 3. The highest BCUT2D eigenvalue weighted by Gasteiger charge is 2.38. The van der Waals surface area contributed by atoms with Crippen LogP contribution < -0.4 is 5.84 Å². The summed E-state index contributed by atoms with van der Waals surface area (Å²) in [5.41, 5.74) is 0.976. The molecule has 0 aliphatic carbocycles. The van der Waals surface area contributed by atoms with Crippen LogP contribution in [0.25, 0.3) is 0 Å². The summed E-state index contributed by atoms with van der Waals surface area (Å²) in [4.78, 5) is 1.13. The van der Waals surface area contributed by atoms with E-state index in [-0.39, 0.29) is 5.16 Å². The number of thioether (sulfide) groups is 2. The summed E-state index contributed by atoms with van der Waals surface area (Å²) in [7, 11) is 0. The van der Waals surface area contributed by atoms with Gasteiger partial charge in [0, 0.05) is 10.6 Å². The van der Waals surface area contributed by atoms with Gasteiger partial charge in [0.1, 0.15) is 0 Å². The molecule has 2 N–H and O–H groups in total. The lowest BCUT2D eigenvalue weighted by Gasteiger charge is -2.06. The predicted molar refractivity (Wildman–Crippen MR) is 73.0 cm³/mol. The number of benzene rings is 1. The largest absolute Gasteiger partial charge is 0.453 e. The van der Waals surface area contributed by atoms with E-state index in [1.807, 2.05) is 30.5 Å². The first-order chi connectivity index (χ1) is 9.41. The first-order valence-electron chi connectivity index (χ1n) is 5.45. The van der Waals surface area contributed by atoms with Crippen LogP contribution in [0.1, 0.15) is 11.4 Å². The fourth-order valence-electron chi connectivity index (χ4n) is 1.44. The molecule has 0 saturated heterocycles. The van der Waals surface area contributed by atoms with Crippen molar-refractivity contribution in [1.29, 1.82) is 0 Å². The van der Waals surface area contributed by atoms with Gasteiger partial charge in [0.15, 0.2) is 0 Å².